The van der Waals surface area contributed by atoms with Crippen LogP contribution >= 0.6 is 0 Å². The molecule has 1 aliphatic rings. The summed E-state index contributed by atoms with van der Waals surface area (Å²) >= 11 is 0. The van der Waals surface area contributed by atoms with Crippen molar-refractivity contribution in [3.8, 4) is 0 Å². The van der Waals surface area contributed by atoms with Gasteiger partial charge in [0.1, 0.15) is 5.66 Å². The Balaban J connectivity index is 2.47. The zero-order valence-corrected chi connectivity index (χ0v) is 7.38. The van der Waals surface area contributed by atoms with Gasteiger partial charge < -0.3 is 0 Å². The highest BCUT2D eigenvalue weighted by Crippen LogP contribution is 2.26. The van der Waals surface area contributed by atoms with Gasteiger partial charge in [-0.2, -0.15) is 0 Å². The van der Waals surface area contributed by atoms with Gasteiger partial charge in [-0.1, -0.05) is 20.3 Å². The summed E-state index contributed by atoms with van der Waals surface area (Å²) in [4.78, 5) is 8.75. The van der Waals surface area contributed by atoms with Crippen molar-refractivity contribution in [2.75, 3.05) is 0 Å². The van der Waals surface area contributed by atoms with Crippen molar-refractivity contribution in [2.45, 2.75) is 45.2 Å². The smallest absolute Gasteiger partial charge is 0.149 e. The summed E-state index contributed by atoms with van der Waals surface area (Å²) in [5.41, 5.74) is -0.0734. The molecule has 0 aromatic rings. The lowest BCUT2D eigenvalue weighted by molar-refractivity contribution is 0.396. The van der Waals surface area contributed by atoms with E-state index in [9.17, 15) is 0 Å². The van der Waals surface area contributed by atoms with Crippen LogP contribution in [0.1, 0.15) is 39.5 Å². The highest BCUT2D eigenvalue weighted by Gasteiger charge is 2.25. The molecule has 0 amide bonds. The largest absolute Gasteiger partial charge is 0.262 e. The lowest BCUT2D eigenvalue weighted by Crippen LogP contribution is -2.19. The molecule has 2 nitrogen and oxygen atoms in total. The van der Waals surface area contributed by atoms with Crippen LogP contribution in [0.5, 0.6) is 0 Å². The Bertz CT molecular complexity index is 158. The van der Waals surface area contributed by atoms with Crippen LogP contribution in [0.3, 0.4) is 0 Å². The maximum atomic E-state index is 4.38. The first-order valence-electron chi connectivity index (χ1n) is 4.42. The van der Waals surface area contributed by atoms with Gasteiger partial charge in [-0.05, 0) is 19.3 Å². The van der Waals surface area contributed by atoms with Gasteiger partial charge in [-0.3, -0.25) is 9.98 Å². The van der Waals surface area contributed by atoms with Gasteiger partial charge in [0.2, 0.25) is 0 Å². The van der Waals surface area contributed by atoms with E-state index >= 15 is 0 Å². The summed E-state index contributed by atoms with van der Waals surface area (Å²) in [5.74, 6) is 0. The van der Waals surface area contributed by atoms with Crippen molar-refractivity contribution in [1.82, 2.24) is 0 Å². The summed E-state index contributed by atoms with van der Waals surface area (Å²) < 4.78 is 0. The molecule has 1 heterocycles. The van der Waals surface area contributed by atoms with E-state index in [1.807, 2.05) is 12.4 Å². The molecule has 0 aromatic carbocycles. The maximum Gasteiger partial charge on any atom is 0.149 e. The van der Waals surface area contributed by atoms with Gasteiger partial charge >= 0.3 is 0 Å². The van der Waals surface area contributed by atoms with Crippen LogP contribution in [0.15, 0.2) is 9.98 Å². The average molecular weight is 152 g/mol. The first-order valence-corrected chi connectivity index (χ1v) is 4.42. The third-order valence-corrected chi connectivity index (χ3v) is 2.19. The van der Waals surface area contributed by atoms with Crippen LogP contribution < -0.4 is 0 Å². The minimum Gasteiger partial charge on any atom is -0.262 e. The highest BCUT2D eigenvalue weighted by molar-refractivity contribution is 6.17. The van der Waals surface area contributed by atoms with Gasteiger partial charge in [0.25, 0.3) is 0 Å². The van der Waals surface area contributed by atoms with Gasteiger partial charge in [-0.25, -0.2) is 0 Å². The topological polar surface area (TPSA) is 24.7 Å². The first kappa shape index (κ1) is 8.44. The van der Waals surface area contributed by atoms with Crippen LogP contribution in [0.4, 0.5) is 0 Å². The van der Waals surface area contributed by atoms with Crippen LogP contribution in [-0.4, -0.2) is 18.1 Å². The molecule has 0 spiro atoms. The second-order valence-electron chi connectivity index (χ2n) is 3.00. The van der Waals surface area contributed by atoms with Crippen LogP contribution in [0, 0.1) is 0 Å². The lowest BCUT2D eigenvalue weighted by atomic mass is 10.0. The number of nitrogens with zero attached hydrogens (tertiary/aromatic N) is 2. The fourth-order valence-electron chi connectivity index (χ4n) is 1.33. The molecular weight excluding hydrogens is 136 g/mol. The standard InChI is InChI=1S/C9H16N2/c1-3-5-6-9(4-2)10-7-8-11-9/h7-8H,3-6H2,1-2H3. The number of hydrogen-bond donors (Lipinski definition) is 0. The minimum absolute atomic E-state index is 0.0734. The number of unbranched alkanes of at least 4 members (excludes halogenated alkanes) is 1. The minimum atomic E-state index is -0.0734. The lowest BCUT2D eigenvalue weighted by Gasteiger charge is -2.20. The Hall–Kier alpha value is -0.660. The van der Waals surface area contributed by atoms with E-state index in [0.717, 1.165) is 12.8 Å². The summed E-state index contributed by atoms with van der Waals surface area (Å²) in [6.45, 7) is 4.35. The summed E-state index contributed by atoms with van der Waals surface area (Å²) in [7, 11) is 0. The van der Waals surface area contributed by atoms with Crippen LogP contribution in [0.2, 0.25) is 0 Å². The summed E-state index contributed by atoms with van der Waals surface area (Å²) in [6.07, 6.45) is 8.22. The Labute approximate surface area is 68.4 Å². The van der Waals surface area contributed by atoms with Gasteiger partial charge in [0.15, 0.2) is 0 Å². The quantitative estimate of drug-likeness (QED) is 0.591. The molecule has 0 bridgehead atoms. The van der Waals surface area contributed by atoms with Crippen molar-refractivity contribution in [3.63, 3.8) is 0 Å². The Kier molecular flexibility index (Phi) is 2.80. The van der Waals surface area contributed by atoms with E-state index in [-0.39, 0.29) is 5.66 Å². The first-order chi connectivity index (χ1) is 5.33. The fourth-order valence-corrected chi connectivity index (χ4v) is 1.33. The number of hydrogen-bond acceptors (Lipinski definition) is 2. The predicted molar refractivity (Wildman–Crippen MR) is 49.5 cm³/mol. The van der Waals surface area contributed by atoms with Crippen LogP contribution in [0.25, 0.3) is 0 Å². The van der Waals surface area contributed by atoms with E-state index in [2.05, 4.69) is 23.8 Å². The fraction of sp³-hybridized carbons (Fsp3) is 0.778. The molecule has 0 aliphatic carbocycles. The molecule has 0 aromatic heterocycles. The molecule has 0 radical (unpaired) electrons. The zero-order valence-electron chi connectivity index (χ0n) is 7.38. The Morgan fingerprint density at radius 3 is 2.27 bits per heavy atom. The van der Waals surface area contributed by atoms with E-state index in [1.165, 1.54) is 12.8 Å². The second-order valence-corrected chi connectivity index (χ2v) is 3.00. The van der Waals surface area contributed by atoms with Crippen LogP contribution in [-0.2, 0) is 0 Å². The van der Waals surface area contributed by atoms with E-state index in [1.54, 1.807) is 0 Å². The Morgan fingerprint density at radius 2 is 1.82 bits per heavy atom. The second kappa shape index (κ2) is 3.65. The third kappa shape index (κ3) is 1.88. The summed E-state index contributed by atoms with van der Waals surface area (Å²) in [6, 6.07) is 0. The highest BCUT2D eigenvalue weighted by atomic mass is 15.1. The average Bonchev–Trinajstić information content (AvgIpc) is 2.50. The molecular formula is C9H16N2. The van der Waals surface area contributed by atoms with Crippen molar-refractivity contribution in [2.24, 2.45) is 9.98 Å². The maximum absolute atomic E-state index is 4.38. The Morgan fingerprint density at radius 1 is 1.18 bits per heavy atom. The molecule has 11 heavy (non-hydrogen) atoms. The molecule has 1 rings (SSSR count). The molecule has 2 heteroatoms. The predicted octanol–water partition coefficient (Wildman–Crippen LogP) is 2.44. The van der Waals surface area contributed by atoms with Gasteiger partial charge in [-0.15, -0.1) is 0 Å². The molecule has 0 N–H and O–H groups in total. The van der Waals surface area contributed by atoms with Crippen molar-refractivity contribution < 1.29 is 0 Å². The van der Waals surface area contributed by atoms with E-state index in [4.69, 9.17) is 0 Å². The number of rotatable bonds is 4. The number of aliphatic imine (C=N–C) groups is 2. The van der Waals surface area contributed by atoms with Crippen molar-refractivity contribution >= 4 is 12.4 Å². The van der Waals surface area contributed by atoms with E-state index in [0.29, 0.717) is 0 Å². The monoisotopic (exact) mass is 152 g/mol. The van der Waals surface area contributed by atoms with Crippen molar-refractivity contribution in [1.29, 1.82) is 0 Å². The molecule has 62 valence electrons. The normalized spacial score (nSPS) is 19.5. The third-order valence-electron chi connectivity index (χ3n) is 2.19. The van der Waals surface area contributed by atoms with Crippen molar-refractivity contribution in [3.05, 3.63) is 0 Å². The zero-order chi connectivity index (χ0) is 8.16. The summed E-state index contributed by atoms with van der Waals surface area (Å²) in [5, 5.41) is 0. The molecule has 0 atom stereocenters. The SMILES string of the molecule is CCCCC1(CC)N=CC=N1. The molecule has 0 saturated heterocycles. The molecule has 1 aliphatic heterocycles. The molecule has 0 saturated carbocycles. The van der Waals surface area contributed by atoms with Gasteiger partial charge in [0, 0.05) is 12.4 Å². The van der Waals surface area contributed by atoms with Gasteiger partial charge in [0.05, 0.1) is 0 Å². The van der Waals surface area contributed by atoms with E-state index < -0.39 is 0 Å². The molecule has 0 unspecified atom stereocenters. The molecule has 0 fully saturated rings.